The average molecular weight is 169 g/mol. The Bertz CT molecular complexity index is 160. The number of benzene rings is 1. The highest BCUT2D eigenvalue weighted by atomic mass is 79.9. The Labute approximate surface area is 57.7 Å². The van der Waals surface area contributed by atoms with Gasteiger partial charge in [0.25, 0.3) is 0 Å². The smallest absolute Gasteiger partial charge is 0.0289 e. The summed E-state index contributed by atoms with van der Waals surface area (Å²) in [5.41, 5.74) is 1.10. The van der Waals surface area contributed by atoms with Gasteiger partial charge < -0.3 is 0 Å². The van der Waals surface area contributed by atoms with Crippen LogP contribution in [0, 0.1) is 19.1 Å². The number of hydrogen-bond donors (Lipinski definition) is 0. The van der Waals surface area contributed by atoms with E-state index in [-0.39, 0.29) is 0 Å². The van der Waals surface area contributed by atoms with E-state index < -0.39 is 0 Å². The van der Waals surface area contributed by atoms with Crippen molar-refractivity contribution in [3.05, 3.63) is 34.3 Å². The lowest BCUT2D eigenvalue weighted by Crippen LogP contribution is -1.71. The van der Waals surface area contributed by atoms with Crippen molar-refractivity contribution in [2.24, 2.45) is 0 Å². The standard InChI is InChI=1S/C7H5Br/c1-6-4-2-3-5-7(6)8/h2-3H,1H3. The second kappa shape index (κ2) is 2.31. The minimum absolute atomic E-state index is 1.00. The summed E-state index contributed by atoms with van der Waals surface area (Å²) in [5.74, 6) is 0. The second-order valence-corrected chi connectivity index (χ2v) is 2.35. The highest BCUT2D eigenvalue weighted by Gasteiger charge is 1.87. The topological polar surface area (TPSA) is 0 Å². The molecule has 0 aromatic heterocycles. The van der Waals surface area contributed by atoms with Crippen molar-refractivity contribution in [3.63, 3.8) is 0 Å². The summed E-state index contributed by atoms with van der Waals surface area (Å²) in [4.78, 5) is 0. The molecule has 1 aromatic carbocycles. The van der Waals surface area contributed by atoms with E-state index in [9.17, 15) is 0 Å². The van der Waals surface area contributed by atoms with E-state index in [2.05, 4.69) is 28.1 Å². The third kappa shape index (κ3) is 1.10. The van der Waals surface area contributed by atoms with E-state index in [1.807, 2.05) is 19.1 Å². The summed E-state index contributed by atoms with van der Waals surface area (Å²) in [6.07, 6.45) is 0. The number of halogens is 1. The Morgan fingerprint density at radius 3 is 2.38 bits per heavy atom. The third-order valence-corrected chi connectivity index (χ3v) is 1.75. The molecule has 1 rings (SSSR count). The molecule has 0 atom stereocenters. The minimum Gasteiger partial charge on any atom is -0.0534 e. The highest BCUT2D eigenvalue weighted by molar-refractivity contribution is 9.10. The first-order valence-corrected chi connectivity index (χ1v) is 3.14. The fourth-order valence-electron chi connectivity index (χ4n) is 0.453. The summed E-state index contributed by atoms with van der Waals surface area (Å²) in [7, 11) is 0. The molecule has 40 valence electrons. The Morgan fingerprint density at radius 1 is 1.38 bits per heavy atom. The van der Waals surface area contributed by atoms with Crippen molar-refractivity contribution in [2.75, 3.05) is 0 Å². The maximum Gasteiger partial charge on any atom is 0.0289 e. The molecule has 0 unspecified atom stereocenters. The predicted molar refractivity (Wildman–Crippen MR) is 36.6 cm³/mol. The van der Waals surface area contributed by atoms with E-state index >= 15 is 0 Å². The van der Waals surface area contributed by atoms with Crippen molar-refractivity contribution in [1.82, 2.24) is 0 Å². The molecule has 0 fully saturated rings. The van der Waals surface area contributed by atoms with Crippen LogP contribution < -0.4 is 0 Å². The van der Waals surface area contributed by atoms with Crippen molar-refractivity contribution in [2.45, 2.75) is 6.92 Å². The molecule has 0 N–H and O–H groups in total. The van der Waals surface area contributed by atoms with E-state index in [0.29, 0.717) is 0 Å². The molecule has 0 spiro atoms. The third-order valence-electron chi connectivity index (χ3n) is 0.922. The van der Waals surface area contributed by atoms with Gasteiger partial charge in [0, 0.05) is 4.47 Å². The Morgan fingerprint density at radius 2 is 2.00 bits per heavy atom. The SMILES string of the molecule is Cc1[c]cc[c]c1Br. The van der Waals surface area contributed by atoms with Crippen LogP contribution in [0.3, 0.4) is 0 Å². The fourth-order valence-corrected chi connectivity index (χ4v) is 0.700. The maximum atomic E-state index is 3.31. The normalized spacial score (nSPS) is 9.25. The molecular formula is C7H5Br. The molecule has 0 heterocycles. The summed E-state index contributed by atoms with van der Waals surface area (Å²) in [6, 6.07) is 9.68. The van der Waals surface area contributed by atoms with Crippen LogP contribution in [0.25, 0.3) is 0 Å². The molecule has 0 nitrogen and oxygen atoms in total. The lowest BCUT2D eigenvalue weighted by Gasteiger charge is -1.89. The maximum absolute atomic E-state index is 3.31. The first-order chi connectivity index (χ1) is 3.80. The monoisotopic (exact) mass is 168 g/mol. The highest BCUT2D eigenvalue weighted by Crippen LogP contribution is 2.11. The van der Waals surface area contributed by atoms with Crippen molar-refractivity contribution in [3.8, 4) is 0 Å². The first-order valence-electron chi connectivity index (χ1n) is 2.35. The van der Waals surface area contributed by atoms with Gasteiger partial charge in [0.1, 0.15) is 0 Å². The fraction of sp³-hybridized carbons (Fsp3) is 0.143. The first kappa shape index (κ1) is 5.83. The van der Waals surface area contributed by atoms with Crippen LogP contribution >= 0.6 is 15.9 Å². The second-order valence-electron chi connectivity index (χ2n) is 1.56. The average Bonchev–Trinajstić information content (AvgIpc) is 1.77. The van der Waals surface area contributed by atoms with Crippen molar-refractivity contribution >= 4 is 15.9 Å². The van der Waals surface area contributed by atoms with E-state index in [4.69, 9.17) is 0 Å². The molecule has 0 aliphatic carbocycles. The van der Waals surface area contributed by atoms with Gasteiger partial charge in [0.05, 0.1) is 0 Å². The van der Waals surface area contributed by atoms with Gasteiger partial charge in [-0.15, -0.1) is 0 Å². The summed E-state index contributed by atoms with van der Waals surface area (Å²) in [5, 5.41) is 0. The van der Waals surface area contributed by atoms with Crippen LogP contribution in [-0.4, -0.2) is 0 Å². The molecule has 0 aliphatic heterocycles. The predicted octanol–water partition coefficient (Wildman–Crippen LogP) is 2.36. The van der Waals surface area contributed by atoms with Crippen LogP contribution in [0.15, 0.2) is 16.6 Å². The Hall–Kier alpha value is -0.300. The van der Waals surface area contributed by atoms with Crippen molar-refractivity contribution < 1.29 is 0 Å². The molecule has 0 bridgehead atoms. The van der Waals surface area contributed by atoms with Gasteiger partial charge >= 0.3 is 0 Å². The zero-order valence-corrected chi connectivity index (χ0v) is 6.12. The molecule has 2 radical (unpaired) electrons. The molecule has 8 heavy (non-hydrogen) atoms. The van der Waals surface area contributed by atoms with E-state index in [0.717, 1.165) is 10.0 Å². The van der Waals surface area contributed by atoms with Crippen LogP contribution in [0.4, 0.5) is 0 Å². The quantitative estimate of drug-likeness (QED) is 0.559. The van der Waals surface area contributed by atoms with Crippen LogP contribution in [0.5, 0.6) is 0 Å². The lowest BCUT2D eigenvalue weighted by molar-refractivity contribution is 1.41. The number of hydrogen-bond acceptors (Lipinski definition) is 0. The van der Waals surface area contributed by atoms with Gasteiger partial charge in [-0.1, -0.05) is 12.1 Å². The Balaban J connectivity index is 3.13. The largest absolute Gasteiger partial charge is 0.0534 e. The van der Waals surface area contributed by atoms with Gasteiger partial charge in [-0.05, 0) is 40.5 Å². The van der Waals surface area contributed by atoms with Gasteiger partial charge in [0.2, 0.25) is 0 Å². The number of rotatable bonds is 0. The molecule has 1 heteroatoms. The van der Waals surface area contributed by atoms with Gasteiger partial charge in [-0.3, -0.25) is 0 Å². The molecule has 1 aromatic rings. The van der Waals surface area contributed by atoms with Gasteiger partial charge in [-0.25, -0.2) is 0 Å². The van der Waals surface area contributed by atoms with E-state index in [1.165, 1.54) is 0 Å². The van der Waals surface area contributed by atoms with Crippen LogP contribution in [0.2, 0.25) is 0 Å². The van der Waals surface area contributed by atoms with Crippen molar-refractivity contribution in [1.29, 1.82) is 0 Å². The summed E-state index contributed by atoms with van der Waals surface area (Å²) >= 11 is 3.31. The van der Waals surface area contributed by atoms with Crippen LogP contribution in [-0.2, 0) is 0 Å². The zero-order chi connectivity index (χ0) is 5.98. The minimum atomic E-state index is 1.00. The lowest BCUT2D eigenvalue weighted by atomic mass is 10.2. The van der Waals surface area contributed by atoms with Crippen LogP contribution in [0.1, 0.15) is 5.56 Å². The molecular weight excluding hydrogens is 164 g/mol. The van der Waals surface area contributed by atoms with Gasteiger partial charge in [-0.2, -0.15) is 0 Å². The molecule has 0 amide bonds. The zero-order valence-electron chi connectivity index (χ0n) is 4.53. The molecule has 0 aliphatic rings. The number of aryl methyl sites for hydroxylation is 1. The van der Waals surface area contributed by atoms with E-state index in [1.54, 1.807) is 0 Å². The summed E-state index contributed by atoms with van der Waals surface area (Å²) in [6.45, 7) is 1.99. The summed E-state index contributed by atoms with van der Waals surface area (Å²) < 4.78 is 1.00. The van der Waals surface area contributed by atoms with Gasteiger partial charge in [0.15, 0.2) is 0 Å². The molecule has 0 saturated heterocycles. The molecule has 0 saturated carbocycles. The Kier molecular flexibility index (Phi) is 1.69.